The summed E-state index contributed by atoms with van der Waals surface area (Å²) in [5.41, 5.74) is 3.01. The van der Waals surface area contributed by atoms with Crippen LogP contribution in [0.15, 0.2) is 66.7 Å². The van der Waals surface area contributed by atoms with Crippen LogP contribution >= 0.6 is 0 Å². The van der Waals surface area contributed by atoms with E-state index < -0.39 is 35.6 Å². The molecule has 1 fully saturated rings. The maximum Gasteiger partial charge on any atom is 0.413 e. The van der Waals surface area contributed by atoms with E-state index in [2.05, 4.69) is 22.8 Å². The molecular formula is C30H30F2N2O5. The Morgan fingerprint density at radius 3 is 2.13 bits per heavy atom. The van der Waals surface area contributed by atoms with E-state index >= 15 is 0 Å². The Balaban J connectivity index is 1.54. The van der Waals surface area contributed by atoms with Gasteiger partial charge in [0.25, 0.3) is 5.91 Å². The topological polar surface area (TPSA) is 105 Å². The molecule has 4 rings (SSSR count). The normalized spacial score (nSPS) is 14.3. The van der Waals surface area contributed by atoms with Crippen LogP contribution in [-0.2, 0) is 4.79 Å². The molecule has 0 bridgehead atoms. The van der Waals surface area contributed by atoms with Crippen molar-refractivity contribution in [3.05, 3.63) is 101 Å². The van der Waals surface area contributed by atoms with Crippen molar-refractivity contribution in [2.75, 3.05) is 6.54 Å². The molecule has 0 saturated heterocycles. The summed E-state index contributed by atoms with van der Waals surface area (Å²) >= 11 is 0. The van der Waals surface area contributed by atoms with Gasteiger partial charge >= 0.3 is 12.1 Å². The van der Waals surface area contributed by atoms with E-state index in [-0.39, 0.29) is 18.7 Å². The zero-order valence-electron chi connectivity index (χ0n) is 21.3. The third-order valence-corrected chi connectivity index (χ3v) is 6.84. The number of hydrogen-bond donors (Lipinski definition) is 3. The fourth-order valence-electron chi connectivity index (χ4n) is 4.76. The van der Waals surface area contributed by atoms with Crippen molar-refractivity contribution in [2.24, 2.45) is 0 Å². The third kappa shape index (κ3) is 7.63. The van der Waals surface area contributed by atoms with Gasteiger partial charge in [-0.25, -0.2) is 13.6 Å². The third-order valence-electron chi connectivity index (χ3n) is 6.84. The Hall–Kier alpha value is -4.27. The summed E-state index contributed by atoms with van der Waals surface area (Å²) in [5.74, 6) is -3.24. The van der Waals surface area contributed by atoms with Gasteiger partial charge in [0, 0.05) is 18.2 Å². The maximum atomic E-state index is 13.6. The summed E-state index contributed by atoms with van der Waals surface area (Å²) < 4.78 is 32.0. The van der Waals surface area contributed by atoms with E-state index in [9.17, 15) is 23.2 Å². The fourth-order valence-corrected chi connectivity index (χ4v) is 4.76. The molecule has 0 heterocycles. The van der Waals surface area contributed by atoms with Gasteiger partial charge in [-0.15, -0.1) is 0 Å². The predicted octanol–water partition coefficient (Wildman–Crippen LogP) is 6.10. The summed E-state index contributed by atoms with van der Waals surface area (Å²) in [6.07, 6.45) is 4.93. The highest BCUT2D eigenvalue weighted by Gasteiger charge is 2.21. The van der Waals surface area contributed by atoms with Gasteiger partial charge in [0.05, 0.1) is 12.5 Å². The number of benzene rings is 3. The van der Waals surface area contributed by atoms with E-state index in [1.165, 1.54) is 24.8 Å². The van der Waals surface area contributed by atoms with Crippen molar-refractivity contribution in [2.45, 2.75) is 50.5 Å². The van der Waals surface area contributed by atoms with E-state index in [1.807, 2.05) is 12.1 Å². The van der Waals surface area contributed by atoms with Crippen LogP contribution < -0.4 is 15.4 Å². The Morgan fingerprint density at radius 2 is 1.51 bits per heavy atom. The average molecular weight is 537 g/mol. The molecule has 3 aromatic rings. The molecule has 1 aliphatic carbocycles. The van der Waals surface area contributed by atoms with Gasteiger partial charge in [0.15, 0.2) is 11.6 Å². The van der Waals surface area contributed by atoms with Crippen LogP contribution in [0.5, 0.6) is 5.75 Å². The van der Waals surface area contributed by atoms with Gasteiger partial charge in [-0.2, -0.15) is 0 Å². The predicted molar refractivity (Wildman–Crippen MR) is 141 cm³/mol. The molecule has 1 atom stereocenters. The molecule has 0 spiro atoms. The molecule has 9 heteroatoms. The lowest BCUT2D eigenvalue weighted by atomic mass is 9.83. The van der Waals surface area contributed by atoms with Crippen molar-refractivity contribution in [1.29, 1.82) is 0 Å². The molecular weight excluding hydrogens is 506 g/mol. The minimum atomic E-state index is -1.13. The number of ether oxygens (including phenoxy) is 1. The first-order valence-electron chi connectivity index (χ1n) is 12.9. The number of halogens is 2. The SMILES string of the molecule is O=C(O)CCNC(=O)c1ccc(C(NC(=O)Oc2ccc(F)c(F)c2)c2ccc(C3CCCCC3)cc2)cc1. The van der Waals surface area contributed by atoms with Gasteiger partial charge in [0.2, 0.25) is 0 Å². The van der Waals surface area contributed by atoms with Crippen LogP contribution in [0.3, 0.4) is 0 Å². The average Bonchev–Trinajstić information content (AvgIpc) is 2.94. The molecule has 1 saturated carbocycles. The lowest BCUT2D eigenvalue weighted by molar-refractivity contribution is -0.136. The smallest absolute Gasteiger partial charge is 0.413 e. The first-order chi connectivity index (χ1) is 18.8. The van der Waals surface area contributed by atoms with E-state index in [0.717, 1.165) is 36.6 Å². The molecule has 204 valence electrons. The number of carbonyl (C=O) groups is 3. The number of hydrogen-bond acceptors (Lipinski definition) is 4. The number of carboxylic acid groups (broad SMARTS) is 1. The molecule has 0 radical (unpaired) electrons. The number of carboxylic acids is 1. The molecule has 3 N–H and O–H groups in total. The van der Waals surface area contributed by atoms with Crippen molar-refractivity contribution in [3.8, 4) is 5.75 Å². The first kappa shape index (κ1) is 27.8. The second kappa shape index (κ2) is 13.0. The lowest BCUT2D eigenvalue weighted by Crippen LogP contribution is -2.32. The van der Waals surface area contributed by atoms with E-state index in [1.54, 1.807) is 24.3 Å². The van der Waals surface area contributed by atoms with E-state index in [0.29, 0.717) is 17.0 Å². The molecule has 1 aliphatic rings. The first-order valence-corrected chi connectivity index (χ1v) is 12.9. The van der Waals surface area contributed by atoms with Gasteiger partial charge in [-0.05, 0) is 59.7 Å². The van der Waals surface area contributed by atoms with Crippen molar-refractivity contribution < 1.29 is 33.0 Å². The summed E-state index contributed by atoms with van der Waals surface area (Å²) in [7, 11) is 0. The van der Waals surface area contributed by atoms with Gasteiger partial charge in [0.1, 0.15) is 5.75 Å². The second-order valence-corrected chi connectivity index (χ2v) is 9.57. The zero-order chi connectivity index (χ0) is 27.8. The molecule has 0 aromatic heterocycles. The van der Waals surface area contributed by atoms with Crippen molar-refractivity contribution in [3.63, 3.8) is 0 Å². The van der Waals surface area contributed by atoms with E-state index in [4.69, 9.17) is 9.84 Å². The number of rotatable bonds is 9. The standard InChI is InChI=1S/C30H30F2N2O5/c31-25-15-14-24(18-26(25)32)39-30(38)34-28(21-8-6-20(7-9-21)19-4-2-1-3-5-19)22-10-12-23(13-11-22)29(37)33-17-16-27(35)36/h6-15,18-19,28H,1-5,16-17H2,(H,33,37)(H,34,38)(H,35,36). The highest BCUT2D eigenvalue weighted by molar-refractivity contribution is 5.94. The van der Waals surface area contributed by atoms with Crippen LogP contribution in [0.1, 0.15) is 77.5 Å². The minimum absolute atomic E-state index is 0.00324. The molecule has 1 unspecified atom stereocenters. The highest BCUT2D eigenvalue weighted by atomic mass is 19.2. The molecule has 3 aromatic carbocycles. The molecule has 0 aliphatic heterocycles. The quantitative estimate of drug-likeness (QED) is 0.307. The van der Waals surface area contributed by atoms with Crippen LogP contribution in [0, 0.1) is 11.6 Å². The number of carbonyl (C=O) groups excluding carboxylic acids is 2. The monoisotopic (exact) mass is 536 g/mol. The van der Waals surface area contributed by atoms with Gasteiger partial charge in [-0.1, -0.05) is 55.7 Å². The summed E-state index contributed by atoms with van der Waals surface area (Å²) in [6, 6.07) is 16.7. The second-order valence-electron chi connectivity index (χ2n) is 9.57. The molecule has 39 heavy (non-hydrogen) atoms. The van der Waals surface area contributed by atoms with Crippen LogP contribution in [-0.4, -0.2) is 29.6 Å². The Bertz CT molecular complexity index is 1310. The summed E-state index contributed by atoms with van der Waals surface area (Å²) in [4.78, 5) is 35.8. The van der Waals surface area contributed by atoms with Crippen LogP contribution in [0.4, 0.5) is 13.6 Å². The van der Waals surface area contributed by atoms with Gasteiger partial charge < -0.3 is 20.5 Å². The Labute approximate surface area is 225 Å². The highest BCUT2D eigenvalue weighted by Crippen LogP contribution is 2.33. The maximum absolute atomic E-state index is 13.6. The molecule has 2 amide bonds. The number of nitrogens with one attached hydrogen (secondary N) is 2. The minimum Gasteiger partial charge on any atom is -0.481 e. The largest absolute Gasteiger partial charge is 0.481 e. The summed E-state index contributed by atoms with van der Waals surface area (Å²) in [5, 5.41) is 14.1. The lowest BCUT2D eigenvalue weighted by Gasteiger charge is -2.24. The fraction of sp³-hybridized carbons (Fsp3) is 0.300. The number of aliphatic carboxylic acids is 1. The summed E-state index contributed by atoms with van der Waals surface area (Å²) in [6.45, 7) is 0.00324. The van der Waals surface area contributed by atoms with Crippen LogP contribution in [0.2, 0.25) is 0 Å². The molecule has 7 nitrogen and oxygen atoms in total. The number of amides is 2. The zero-order valence-corrected chi connectivity index (χ0v) is 21.3. The Kier molecular flexibility index (Phi) is 9.25. The van der Waals surface area contributed by atoms with Crippen molar-refractivity contribution in [1.82, 2.24) is 10.6 Å². The Morgan fingerprint density at radius 1 is 0.872 bits per heavy atom. The van der Waals surface area contributed by atoms with Gasteiger partial charge in [-0.3, -0.25) is 9.59 Å². The van der Waals surface area contributed by atoms with Crippen molar-refractivity contribution >= 4 is 18.0 Å². The van der Waals surface area contributed by atoms with Crippen LogP contribution in [0.25, 0.3) is 0 Å².